The number of hydrogen-bond acceptors (Lipinski definition) is 2. The molecule has 17 heavy (non-hydrogen) atoms. The highest BCUT2D eigenvalue weighted by molar-refractivity contribution is 9.10. The van der Waals surface area contributed by atoms with Crippen molar-refractivity contribution in [3.8, 4) is 0 Å². The van der Waals surface area contributed by atoms with E-state index in [0.29, 0.717) is 0 Å². The number of benzene rings is 1. The summed E-state index contributed by atoms with van der Waals surface area (Å²) in [7, 11) is 2.05. The molecule has 0 spiro atoms. The number of nitrogens with zero attached hydrogens (tertiary/aromatic N) is 1. The number of likely N-dealkylation sites (N-methyl/N-ethyl adjacent to an activating group) is 1. The zero-order valence-electron chi connectivity index (χ0n) is 10.5. The van der Waals surface area contributed by atoms with Crippen molar-refractivity contribution >= 4 is 15.9 Å². The topological polar surface area (TPSA) is 15.3 Å². The molecule has 0 atom stereocenters. The first-order valence-corrected chi connectivity index (χ1v) is 6.76. The van der Waals surface area contributed by atoms with E-state index in [1.807, 2.05) is 7.05 Å². The van der Waals surface area contributed by atoms with Crippen LogP contribution in [-0.4, -0.2) is 31.6 Å². The molecule has 0 aliphatic carbocycles. The largest absolute Gasteiger partial charge is 0.315 e. The van der Waals surface area contributed by atoms with Crippen LogP contribution >= 0.6 is 15.9 Å². The second-order valence-electron chi connectivity index (χ2n) is 4.22. The summed E-state index contributed by atoms with van der Waals surface area (Å²) in [4.78, 5) is 2.18. The SMILES string of the molecule is CCCNCCN(C)Cc1cc(F)ccc1Br. The second-order valence-corrected chi connectivity index (χ2v) is 5.08. The summed E-state index contributed by atoms with van der Waals surface area (Å²) in [5.74, 6) is -0.180. The van der Waals surface area contributed by atoms with Crippen molar-refractivity contribution in [1.29, 1.82) is 0 Å². The van der Waals surface area contributed by atoms with Crippen LogP contribution < -0.4 is 5.32 Å². The first kappa shape index (κ1) is 14.6. The molecule has 0 saturated carbocycles. The van der Waals surface area contributed by atoms with Crippen molar-refractivity contribution in [2.24, 2.45) is 0 Å². The molecule has 0 amide bonds. The Balaban J connectivity index is 2.39. The van der Waals surface area contributed by atoms with E-state index in [0.717, 1.165) is 42.6 Å². The molecule has 96 valence electrons. The second kappa shape index (κ2) is 7.80. The predicted molar refractivity (Wildman–Crippen MR) is 73.6 cm³/mol. The van der Waals surface area contributed by atoms with Gasteiger partial charge in [0.15, 0.2) is 0 Å². The summed E-state index contributed by atoms with van der Waals surface area (Å²) < 4.78 is 14.1. The van der Waals surface area contributed by atoms with Crippen LogP contribution in [0.5, 0.6) is 0 Å². The molecular weight excluding hydrogens is 283 g/mol. The maximum atomic E-state index is 13.1. The Bertz CT molecular complexity index is 344. The molecule has 0 aliphatic heterocycles. The molecule has 0 aromatic heterocycles. The Morgan fingerprint density at radius 3 is 2.82 bits per heavy atom. The molecule has 0 saturated heterocycles. The van der Waals surface area contributed by atoms with Gasteiger partial charge in [0, 0.05) is 24.1 Å². The van der Waals surface area contributed by atoms with Crippen molar-refractivity contribution in [3.63, 3.8) is 0 Å². The van der Waals surface area contributed by atoms with Gasteiger partial charge in [-0.2, -0.15) is 0 Å². The van der Waals surface area contributed by atoms with Crippen LogP contribution in [-0.2, 0) is 6.54 Å². The third kappa shape index (κ3) is 5.61. The molecule has 1 N–H and O–H groups in total. The van der Waals surface area contributed by atoms with Crippen molar-refractivity contribution in [2.75, 3.05) is 26.7 Å². The van der Waals surface area contributed by atoms with E-state index in [-0.39, 0.29) is 5.82 Å². The highest BCUT2D eigenvalue weighted by Crippen LogP contribution is 2.18. The Kier molecular flexibility index (Phi) is 6.70. The fraction of sp³-hybridized carbons (Fsp3) is 0.538. The molecule has 0 heterocycles. The monoisotopic (exact) mass is 302 g/mol. The zero-order chi connectivity index (χ0) is 12.7. The zero-order valence-corrected chi connectivity index (χ0v) is 12.1. The molecule has 1 rings (SSSR count). The van der Waals surface area contributed by atoms with E-state index < -0.39 is 0 Å². The predicted octanol–water partition coefficient (Wildman–Crippen LogP) is 3.02. The van der Waals surface area contributed by atoms with Crippen LogP contribution in [0.15, 0.2) is 22.7 Å². The fourth-order valence-electron chi connectivity index (χ4n) is 1.61. The van der Waals surface area contributed by atoms with Crippen LogP contribution in [0.1, 0.15) is 18.9 Å². The molecule has 1 aromatic carbocycles. The van der Waals surface area contributed by atoms with Crippen LogP contribution in [0.3, 0.4) is 0 Å². The molecule has 0 aliphatic rings. The third-order valence-electron chi connectivity index (χ3n) is 2.55. The van der Waals surface area contributed by atoms with E-state index in [2.05, 4.69) is 33.1 Å². The van der Waals surface area contributed by atoms with Crippen molar-refractivity contribution < 1.29 is 4.39 Å². The van der Waals surface area contributed by atoms with Gasteiger partial charge < -0.3 is 10.2 Å². The van der Waals surface area contributed by atoms with Crippen molar-refractivity contribution in [3.05, 3.63) is 34.1 Å². The lowest BCUT2D eigenvalue weighted by Crippen LogP contribution is -2.29. The molecule has 4 heteroatoms. The number of halogens is 2. The van der Waals surface area contributed by atoms with Gasteiger partial charge in [-0.1, -0.05) is 22.9 Å². The fourth-order valence-corrected chi connectivity index (χ4v) is 1.98. The lowest BCUT2D eigenvalue weighted by molar-refractivity contribution is 0.323. The summed E-state index contributed by atoms with van der Waals surface area (Å²) in [5, 5.41) is 3.35. The molecule has 0 fully saturated rings. The highest BCUT2D eigenvalue weighted by atomic mass is 79.9. The van der Waals surface area contributed by atoms with Crippen LogP contribution in [0.4, 0.5) is 4.39 Å². The van der Waals surface area contributed by atoms with E-state index in [4.69, 9.17) is 0 Å². The van der Waals surface area contributed by atoms with Crippen LogP contribution in [0, 0.1) is 5.82 Å². The van der Waals surface area contributed by atoms with Gasteiger partial charge in [-0.05, 0) is 43.8 Å². The maximum Gasteiger partial charge on any atom is 0.123 e. The van der Waals surface area contributed by atoms with E-state index in [1.54, 1.807) is 12.1 Å². The normalized spacial score (nSPS) is 11.1. The molecule has 0 unspecified atom stereocenters. The summed E-state index contributed by atoms with van der Waals surface area (Å²) in [6.45, 7) is 5.89. The van der Waals surface area contributed by atoms with Gasteiger partial charge in [-0.15, -0.1) is 0 Å². The van der Waals surface area contributed by atoms with Gasteiger partial charge >= 0.3 is 0 Å². The smallest absolute Gasteiger partial charge is 0.123 e. The third-order valence-corrected chi connectivity index (χ3v) is 3.32. The lowest BCUT2D eigenvalue weighted by atomic mass is 10.2. The Morgan fingerprint density at radius 2 is 2.12 bits per heavy atom. The number of hydrogen-bond donors (Lipinski definition) is 1. The van der Waals surface area contributed by atoms with E-state index in [9.17, 15) is 4.39 Å². The standard InChI is InChI=1S/C13H20BrFN2/c1-3-6-16-7-8-17(2)10-11-9-12(15)4-5-13(11)14/h4-5,9,16H,3,6-8,10H2,1-2H3. The Labute approximate surface area is 111 Å². The van der Waals surface area contributed by atoms with E-state index >= 15 is 0 Å². The average Bonchev–Trinajstić information content (AvgIpc) is 2.29. The minimum atomic E-state index is -0.180. The molecule has 1 aromatic rings. The Morgan fingerprint density at radius 1 is 1.35 bits per heavy atom. The van der Waals surface area contributed by atoms with Gasteiger partial charge in [0.25, 0.3) is 0 Å². The van der Waals surface area contributed by atoms with Crippen LogP contribution in [0.25, 0.3) is 0 Å². The summed E-state index contributed by atoms with van der Waals surface area (Å²) in [5.41, 5.74) is 0.989. The maximum absolute atomic E-state index is 13.1. The minimum Gasteiger partial charge on any atom is -0.315 e. The Hall–Kier alpha value is -0.450. The van der Waals surface area contributed by atoms with Crippen LogP contribution in [0.2, 0.25) is 0 Å². The first-order valence-electron chi connectivity index (χ1n) is 5.96. The molecule has 0 radical (unpaired) electrons. The van der Waals surface area contributed by atoms with Gasteiger partial charge in [-0.3, -0.25) is 0 Å². The van der Waals surface area contributed by atoms with Gasteiger partial charge in [-0.25, -0.2) is 4.39 Å². The lowest BCUT2D eigenvalue weighted by Gasteiger charge is -2.17. The number of rotatable bonds is 7. The summed E-state index contributed by atoms with van der Waals surface area (Å²) in [6, 6.07) is 4.81. The highest BCUT2D eigenvalue weighted by Gasteiger charge is 2.05. The first-order chi connectivity index (χ1) is 8.13. The van der Waals surface area contributed by atoms with Gasteiger partial charge in [0.05, 0.1) is 0 Å². The van der Waals surface area contributed by atoms with Gasteiger partial charge in [0.2, 0.25) is 0 Å². The summed E-state index contributed by atoms with van der Waals surface area (Å²) >= 11 is 3.44. The number of nitrogens with one attached hydrogen (secondary N) is 1. The minimum absolute atomic E-state index is 0.180. The van der Waals surface area contributed by atoms with Gasteiger partial charge in [0.1, 0.15) is 5.82 Å². The molecule has 0 bridgehead atoms. The van der Waals surface area contributed by atoms with Crippen molar-refractivity contribution in [1.82, 2.24) is 10.2 Å². The molecular formula is C13H20BrFN2. The molecule has 2 nitrogen and oxygen atoms in total. The quantitative estimate of drug-likeness (QED) is 0.779. The van der Waals surface area contributed by atoms with E-state index in [1.165, 1.54) is 6.07 Å². The average molecular weight is 303 g/mol. The van der Waals surface area contributed by atoms with Crippen molar-refractivity contribution in [2.45, 2.75) is 19.9 Å². The summed E-state index contributed by atoms with van der Waals surface area (Å²) in [6.07, 6.45) is 1.15.